The van der Waals surface area contributed by atoms with Crippen LogP contribution in [0.25, 0.3) is 21.1 Å². The summed E-state index contributed by atoms with van der Waals surface area (Å²) in [5.41, 5.74) is 4.92. The molecule has 0 fully saturated rings. The van der Waals surface area contributed by atoms with Crippen LogP contribution in [0.3, 0.4) is 0 Å². The predicted molar refractivity (Wildman–Crippen MR) is 129 cm³/mol. The number of nitrogens with zero attached hydrogens (tertiary/aromatic N) is 3. The van der Waals surface area contributed by atoms with Gasteiger partial charge in [0, 0.05) is 22.9 Å². The summed E-state index contributed by atoms with van der Waals surface area (Å²) < 4.78 is 27.2. The van der Waals surface area contributed by atoms with E-state index in [0.29, 0.717) is 24.3 Å². The van der Waals surface area contributed by atoms with Crippen LogP contribution in [0.1, 0.15) is 49.4 Å². The Balaban J connectivity index is 1.54. The zero-order chi connectivity index (χ0) is 23.4. The summed E-state index contributed by atoms with van der Waals surface area (Å²) >= 11 is -0.482. The normalized spacial score (nSPS) is 15.9. The van der Waals surface area contributed by atoms with Crippen LogP contribution in [0.2, 0.25) is 0 Å². The molecule has 9 heteroatoms. The third-order valence-corrected chi connectivity index (χ3v) is 7.14. The van der Waals surface area contributed by atoms with Crippen molar-refractivity contribution in [3.05, 3.63) is 53.1 Å². The fourth-order valence-corrected chi connectivity index (χ4v) is 5.36. The number of fused-ring (bicyclic) bond motifs is 1. The Morgan fingerprint density at radius 1 is 1.30 bits per heavy atom. The highest BCUT2D eigenvalue weighted by Crippen LogP contribution is 2.40. The molecule has 1 aliphatic carbocycles. The van der Waals surface area contributed by atoms with E-state index in [0.717, 1.165) is 34.0 Å². The Bertz CT molecular complexity index is 1200. The first-order valence-corrected chi connectivity index (χ1v) is 13.0. The highest BCUT2D eigenvalue weighted by atomic mass is 32.2. The zero-order valence-electron chi connectivity index (χ0n) is 18.5. The summed E-state index contributed by atoms with van der Waals surface area (Å²) in [5.74, 6) is 0.750. The predicted octanol–water partition coefficient (Wildman–Crippen LogP) is 4.38. The van der Waals surface area contributed by atoms with Crippen LogP contribution in [-0.4, -0.2) is 37.4 Å². The topological polar surface area (TPSA) is 111 Å². The molecule has 4 rings (SSSR count). The lowest BCUT2D eigenvalue weighted by atomic mass is 10.0. The standard InChI is InChI=1S/C24H26N4O3S2/c1-15(2)31-22-10-7-16(13-17(22)14-25)23-27-28-24(32-23)20-6-3-5-19-18(20)8-9-21(19)26-11-4-12-33(29)30/h3,5-7,10,13,15,21,26H,4,8-9,11-12H2,1-2H3,(H,29,30)/p-1/t21-/m0/s1. The maximum absolute atomic E-state index is 10.7. The average Bonchev–Trinajstić information content (AvgIpc) is 3.44. The van der Waals surface area contributed by atoms with Gasteiger partial charge < -0.3 is 14.6 Å². The van der Waals surface area contributed by atoms with Crippen LogP contribution in [0.4, 0.5) is 0 Å². The van der Waals surface area contributed by atoms with Crippen molar-refractivity contribution in [1.82, 2.24) is 15.5 Å². The molecule has 7 nitrogen and oxygen atoms in total. The van der Waals surface area contributed by atoms with Gasteiger partial charge in [-0.1, -0.05) is 40.6 Å². The largest absolute Gasteiger partial charge is 0.772 e. The Kier molecular flexibility index (Phi) is 7.50. The molecule has 1 heterocycles. The fourth-order valence-electron chi connectivity index (χ4n) is 4.09. The first-order valence-electron chi connectivity index (χ1n) is 10.9. The average molecular weight is 482 g/mol. The van der Waals surface area contributed by atoms with Crippen molar-refractivity contribution in [2.24, 2.45) is 0 Å². The van der Waals surface area contributed by atoms with E-state index in [1.54, 1.807) is 6.07 Å². The van der Waals surface area contributed by atoms with Gasteiger partial charge in [0.1, 0.15) is 21.8 Å². The summed E-state index contributed by atoms with van der Waals surface area (Å²) in [6.07, 6.45) is 2.50. The van der Waals surface area contributed by atoms with E-state index >= 15 is 0 Å². The third kappa shape index (κ3) is 5.47. The summed E-state index contributed by atoms with van der Waals surface area (Å²) in [5, 5.41) is 23.5. The van der Waals surface area contributed by atoms with E-state index in [-0.39, 0.29) is 17.9 Å². The number of nitriles is 1. The van der Waals surface area contributed by atoms with Gasteiger partial charge in [-0.05, 0) is 69.0 Å². The van der Waals surface area contributed by atoms with Gasteiger partial charge in [0.2, 0.25) is 0 Å². The number of ether oxygens (including phenoxy) is 1. The maximum atomic E-state index is 10.7. The highest BCUT2D eigenvalue weighted by molar-refractivity contribution is 7.79. The van der Waals surface area contributed by atoms with E-state index in [2.05, 4.69) is 33.7 Å². The lowest BCUT2D eigenvalue weighted by Gasteiger charge is -2.15. The van der Waals surface area contributed by atoms with E-state index in [1.165, 1.54) is 22.5 Å². The number of nitrogens with one attached hydrogen (secondary N) is 1. The number of hydrogen-bond acceptors (Lipinski definition) is 8. The first-order chi connectivity index (χ1) is 16.0. The molecule has 33 heavy (non-hydrogen) atoms. The third-order valence-electron chi connectivity index (χ3n) is 5.51. The zero-order valence-corrected chi connectivity index (χ0v) is 20.2. The van der Waals surface area contributed by atoms with Crippen molar-refractivity contribution in [3.8, 4) is 33.0 Å². The van der Waals surface area contributed by atoms with Gasteiger partial charge in [-0.15, -0.1) is 10.2 Å². The van der Waals surface area contributed by atoms with Crippen LogP contribution >= 0.6 is 11.3 Å². The lowest BCUT2D eigenvalue weighted by Crippen LogP contribution is -2.21. The maximum Gasteiger partial charge on any atom is 0.148 e. The van der Waals surface area contributed by atoms with Crippen molar-refractivity contribution in [2.75, 3.05) is 12.3 Å². The number of benzene rings is 2. The molecule has 2 aromatic carbocycles. The molecule has 1 unspecified atom stereocenters. The number of aromatic nitrogens is 2. The van der Waals surface area contributed by atoms with Gasteiger partial charge in [0.05, 0.1) is 11.7 Å². The Morgan fingerprint density at radius 3 is 2.88 bits per heavy atom. The molecule has 0 spiro atoms. The summed E-state index contributed by atoms with van der Waals surface area (Å²) in [7, 11) is 0. The van der Waals surface area contributed by atoms with Crippen LogP contribution in [0, 0.1) is 11.3 Å². The molecule has 1 N–H and O–H groups in total. The van der Waals surface area contributed by atoms with Crippen LogP contribution in [-0.2, 0) is 17.5 Å². The Morgan fingerprint density at radius 2 is 2.12 bits per heavy atom. The van der Waals surface area contributed by atoms with Gasteiger partial charge in [-0.25, -0.2) is 0 Å². The van der Waals surface area contributed by atoms with E-state index in [9.17, 15) is 14.0 Å². The van der Waals surface area contributed by atoms with E-state index in [1.807, 2.05) is 32.0 Å². The van der Waals surface area contributed by atoms with Crippen molar-refractivity contribution >= 4 is 22.4 Å². The van der Waals surface area contributed by atoms with Gasteiger partial charge in [-0.2, -0.15) is 5.26 Å². The van der Waals surface area contributed by atoms with Crippen LogP contribution in [0.5, 0.6) is 5.75 Å². The Labute approximate surface area is 200 Å². The Hall–Kier alpha value is -2.64. The second-order valence-electron chi connectivity index (χ2n) is 8.18. The highest BCUT2D eigenvalue weighted by Gasteiger charge is 2.25. The van der Waals surface area contributed by atoms with Crippen molar-refractivity contribution in [2.45, 2.75) is 45.3 Å². The smallest absolute Gasteiger partial charge is 0.148 e. The summed E-state index contributed by atoms with van der Waals surface area (Å²) in [6.45, 7) is 4.53. The van der Waals surface area contributed by atoms with Gasteiger partial charge in [0.25, 0.3) is 0 Å². The SMILES string of the molecule is CC(C)Oc1ccc(-c2nnc(-c3cccc4c3CC[C@@H]4NCCCS(=O)[O-])s2)cc1C#N. The monoisotopic (exact) mass is 481 g/mol. The van der Waals surface area contributed by atoms with Gasteiger partial charge in [0.15, 0.2) is 0 Å². The molecule has 0 radical (unpaired) electrons. The quantitative estimate of drug-likeness (QED) is 0.357. The van der Waals surface area contributed by atoms with Crippen LogP contribution < -0.4 is 10.1 Å². The molecule has 0 amide bonds. The van der Waals surface area contributed by atoms with Crippen molar-refractivity contribution < 1.29 is 13.5 Å². The molecule has 3 aromatic rings. The number of hydrogen-bond donors (Lipinski definition) is 1. The fraction of sp³-hybridized carbons (Fsp3) is 0.375. The minimum absolute atomic E-state index is 0.00904. The van der Waals surface area contributed by atoms with E-state index < -0.39 is 11.1 Å². The minimum atomic E-state index is -1.99. The van der Waals surface area contributed by atoms with Crippen molar-refractivity contribution in [1.29, 1.82) is 5.26 Å². The number of rotatable bonds is 9. The second-order valence-corrected chi connectivity index (χ2v) is 10.2. The molecule has 0 bridgehead atoms. The molecule has 2 atom stereocenters. The molecule has 172 valence electrons. The van der Waals surface area contributed by atoms with Gasteiger partial charge >= 0.3 is 0 Å². The molecule has 0 saturated carbocycles. The second kappa shape index (κ2) is 10.5. The van der Waals surface area contributed by atoms with Gasteiger partial charge in [-0.3, -0.25) is 4.21 Å². The minimum Gasteiger partial charge on any atom is -0.772 e. The summed E-state index contributed by atoms with van der Waals surface area (Å²) in [4.78, 5) is 0. The lowest BCUT2D eigenvalue weighted by molar-refractivity contribution is 0.242. The van der Waals surface area contributed by atoms with E-state index in [4.69, 9.17) is 4.74 Å². The summed E-state index contributed by atoms with van der Waals surface area (Å²) in [6, 6.07) is 14.2. The molecular formula is C24H25N4O3S2-. The molecule has 1 aromatic heterocycles. The molecule has 0 saturated heterocycles. The first kappa shape index (κ1) is 23.5. The molecule has 1 aliphatic rings. The molecule has 0 aliphatic heterocycles. The van der Waals surface area contributed by atoms with Crippen LogP contribution in [0.15, 0.2) is 36.4 Å². The molecular weight excluding hydrogens is 456 g/mol. The van der Waals surface area contributed by atoms with Crippen molar-refractivity contribution in [3.63, 3.8) is 0 Å².